The van der Waals surface area contributed by atoms with E-state index in [9.17, 15) is 18.8 Å². The lowest BCUT2D eigenvalue weighted by Gasteiger charge is -2.17. The van der Waals surface area contributed by atoms with Crippen LogP contribution >= 0.6 is 0 Å². The maximum atomic E-state index is 14.9. The van der Waals surface area contributed by atoms with Crippen molar-refractivity contribution >= 4 is 23.7 Å². The molecule has 1 aliphatic rings. The monoisotopic (exact) mass is 448 g/mol. The largest absolute Gasteiger partial charge is 0.480 e. The van der Waals surface area contributed by atoms with Gasteiger partial charge in [-0.05, 0) is 34.4 Å². The molecule has 0 aromatic heterocycles. The van der Waals surface area contributed by atoms with Crippen LogP contribution in [0.15, 0.2) is 66.7 Å². The Bertz CT molecular complexity index is 1200. The molecule has 0 saturated heterocycles. The lowest BCUT2D eigenvalue weighted by Crippen LogP contribution is -2.32. The first-order valence-electron chi connectivity index (χ1n) is 10.2. The highest BCUT2D eigenvalue weighted by Gasteiger charge is 2.29. The number of hydrogen-bond donors (Lipinski definition) is 2. The lowest BCUT2D eigenvalue weighted by molar-refractivity contribution is -0.137. The maximum absolute atomic E-state index is 14.9. The van der Waals surface area contributed by atoms with Crippen LogP contribution in [-0.4, -0.2) is 48.2 Å². The van der Waals surface area contributed by atoms with Crippen LogP contribution in [0.4, 0.5) is 14.9 Å². The molecule has 0 atom stereocenters. The summed E-state index contributed by atoms with van der Waals surface area (Å²) in [6, 6.07) is 19.7. The third-order valence-electron chi connectivity index (χ3n) is 5.53. The van der Waals surface area contributed by atoms with Gasteiger partial charge < -0.3 is 14.7 Å². The number of ether oxygens (including phenoxy) is 1. The number of anilines is 1. The van der Waals surface area contributed by atoms with Crippen LogP contribution in [0.1, 0.15) is 27.4 Å². The smallest absolute Gasteiger partial charge is 0.411 e. The highest BCUT2D eigenvalue weighted by Crippen LogP contribution is 2.44. The Hall–Kier alpha value is -4.20. The van der Waals surface area contributed by atoms with Crippen LogP contribution < -0.4 is 5.32 Å². The zero-order valence-corrected chi connectivity index (χ0v) is 17.7. The van der Waals surface area contributed by atoms with Crippen LogP contribution in [0.25, 0.3) is 11.1 Å². The molecule has 33 heavy (non-hydrogen) atoms. The second kappa shape index (κ2) is 9.12. The highest BCUT2D eigenvalue weighted by molar-refractivity contribution is 5.97. The molecule has 0 aliphatic heterocycles. The van der Waals surface area contributed by atoms with Crippen LogP contribution in [0, 0.1) is 5.82 Å². The van der Waals surface area contributed by atoms with Crippen molar-refractivity contribution in [2.24, 2.45) is 0 Å². The van der Waals surface area contributed by atoms with Crippen LogP contribution in [0.2, 0.25) is 0 Å². The van der Waals surface area contributed by atoms with Gasteiger partial charge in [0.25, 0.3) is 5.91 Å². The molecule has 4 rings (SSSR count). The van der Waals surface area contributed by atoms with Crippen molar-refractivity contribution < 1.29 is 28.6 Å². The minimum atomic E-state index is -1.22. The number of carbonyl (C=O) groups is 3. The minimum absolute atomic E-state index is 0.0570. The number of carbonyl (C=O) groups excluding carboxylic acids is 2. The average molecular weight is 448 g/mol. The molecule has 0 spiro atoms. The molecular weight excluding hydrogens is 427 g/mol. The van der Waals surface area contributed by atoms with Crippen molar-refractivity contribution in [3.05, 3.63) is 89.2 Å². The number of carboxylic acids is 1. The molecule has 1 aliphatic carbocycles. The van der Waals surface area contributed by atoms with E-state index < -0.39 is 30.3 Å². The number of aliphatic carboxylic acids is 1. The van der Waals surface area contributed by atoms with Gasteiger partial charge in [0.2, 0.25) is 0 Å². The number of amides is 2. The SMILES string of the molecule is CN(CC(=O)O)C(=O)c1cccc(NC(=O)OCC2c3ccccc3-c3ccccc32)c1F. The lowest BCUT2D eigenvalue weighted by atomic mass is 9.98. The quantitative estimate of drug-likeness (QED) is 0.585. The van der Waals surface area contributed by atoms with E-state index in [4.69, 9.17) is 9.84 Å². The van der Waals surface area contributed by atoms with Gasteiger partial charge in [0, 0.05) is 13.0 Å². The van der Waals surface area contributed by atoms with E-state index in [1.54, 1.807) is 0 Å². The van der Waals surface area contributed by atoms with E-state index in [1.165, 1.54) is 25.2 Å². The molecule has 168 valence electrons. The van der Waals surface area contributed by atoms with Gasteiger partial charge in [-0.1, -0.05) is 54.6 Å². The molecule has 0 radical (unpaired) electrons. The first-order chi connectivity index (χ1) is 15.9. The fourth-order valence-corrected chi connectivity index (χ4v) is 4.02. The first kappa shape index (κ1) is 22.0. The molecule has 3 aromatic carbocycles. The number of hydrogen-bond acceptors (Lipinski definition) is 4. The molecular formula is C25H21FN2O5. The summed E-state index contributed by atoms with van der Waals surface area (Å²) in [5.74, 6) is -3.15. The number of benzene rings is 3. The number of rotatable bonds is 6. The van der Waals surface area contributed by atoms with Gasteiger partial charge in [-0.2, -0.15) is 0 Å². The standard InChI is InChI=1S/C25H21FN2O5/c1-28(13-22(29)30)24(31)19-11-6-12-21(23(19)26)27-25(32)33-14-20-17-9-4-2-7-15(17)16-8-3-5-10-18(16)20/h2-12,20H,13-14H2,1H3,(H,27,32)(H,29,30). The van der Waals surface area contributed by atoms with E-state index in [0.717, 1.165) is 27.2 Å². The molecule has 0 heterocycles. The number of likely N-dealkylation sites (N-methyl/N-ethyl adjacent to an activating group) is 1. The summed E-state index contributed by atoms with van der Waals surface area (Å²) in [7, 11) is 1.25. The second-order valence-electron chi connectivity index (χ2n) is 7.67. The number of halogens is 1. The Morgan fingerprint density at radius 1 is 0.970 bits per heavy atom. The molecule has 2 amide bonds. The van der Waals surface area contributed by atoms with Gasteiger partial charge in [0.1, 0.15) is 13.2 Å². The molecule has 0 bridgehead atoms. The predicted molar refractivity (Wildman–Crippen MR) is 120 cm³/mol. The number of nitrogens with zero attached hydrogens (tertiary/aromatic N) is 1. The topological polar surface area (TPSA) is 95.9 Å². The number of fused-ring (bicyclic) bond motifs is 3. The van der Waals surface area contributed by atoms with Crippen molar-refractivity contribution in [3.8, 4) is 11.1 Å². The summed E-state index contributed by atoms with van der Waals surface area (Å²) in [5, 5.41) is 11.2. The van der Waals surface area contributed by atoms with Gasteiger partial charge >= 0.3 is 12.1 Å². The molecule has 7 nitrogen and oxygen atoms in total. The van der Waals surface area contributed by atoms with Crippen molar-refractivity contribution in [3.63, 3.8) is 0 Å². The number of nitrogens with one attached hydrogen (secondary N) is 1. The Kier molecular flexibility index (Phi) is 6.08. The third kappa shape index (κ3) is 4.41. The van der Waals surface area contributed by atoms with Gasteiger partial charge in [-0.15, -0.1) is 0 Å². The Morgan fingerprint density at radius 2 is 1.58 bits per heavy atom. The minimum Gasteiger partial charge on any atom is -0.480 e. The summed E-state index contributed by atoms with van der Waals surface area (Å²) in [4.78, 5) is 36.5. The normalized spacial score (nSPS) is 11.9. The highest BCUT2D eigenvalue weighted by atomic mass is 19.1. The van der Waals surface area contributed by atoms with E-state index in [1.807, 2.05) is 48.5 Å². The zero-order chi connectivity index (χ0) is 23.5. The molecule has 0 saturated carbocycles. The third-order valence-corrected chi connectivity index (χ3v) is 5.53. The maximum Gasteiger partial charge on any atom is 0.411 e. The molecule has 8 heteroatoms. The van der Waals surface area contributed by atoms with E-state index in [0.29, 0.717) is 0 Å². The van der Waals surface area contributed by atoms with Crippen molar-refractivity contribution in [1.29, 1.82) is 0 Å². The second-order valence-corrected chi connectivity index (χ2v) is 7.67. The Morgan fingerprint density at radius 3 is 2.18 bits per heavy atom. The van der Waals surface area contributed by atoms with E-state index in [2.05, 4.69) is 5.32 Å². The Labute approximate surface area is 189 Å². The fraction of sp³-hybridized carbons (Fsp3) is 0.160. The van der Waals surface area contributed by atoms with Crippen LogP contribution in [0.5, 0.6) is 0 Å². The van der Waals surface area contributed by atoms with Crippen LogP contribution in [-0.2, 0) is 9.53 Å². The van der Waals surface area contributed by atoms with Crippen molar-refractivity contribution in [1.82, 2.24) is 4.90 Å². The van der Waals surface area contributed by atoms with E-state index in [-0.39, 0.29) is 23.8 Å². The molecule has 0 unspecified atom stereocenters. The van der Waals surface area contributed by atoms with Crippen molar-refractivity contribution in [2.45, 2.75) is 5.92 Å². The van der Waals surface area contributed by atoms with Crippen LogP contribution in [0.3, 0.4) is 0 Å². The summed E-state index contributed by atoms with van der Waals surface area (Å²) in [5.41, 5.74) is 3.69. The number of carboxylic acid groups (broad SMARTS) is 1. The van der Waals surface area contributed by atoms with Gasteiger partial charge in [-0.25, -0.2) is 9.18 Å². The summed E-state index contributed by atoms with van der Waals surface area (Å²) < 4.78 is 20.3. The van der Waals surface area contributed by atoms with E-state index >= 15 is 0 Å². The Balaban J connectivity index is 1.46. The zero-order valence-electron chi connectivity index (χ0n) is 17.7. The average Bonchev–Trinajstić information content (AvgIpc) is 3.12. The molecule has 0 fully saturated rings. The molecule has 3 aromatic rings. The van der Waals surface area contributed by atoms with Crippen molar-refractivity contribution in [2.75, 3.05) is 25.5 Å². The summed E-state index contributed by atoms with van der Waals surface area (Å²) in [6.45, 7) is -0.524. The van der Waals surface area contributed by atoms with Gasteiger partial charge in [-0.3, -0.25) is 14.9 Å². The first-order valence-corrected chi connectivity index (χ1v) is 10.2. The van der Waals surface area contributed by atoms with Gasteiger partial charge in [0.15, 0.2) is 5.82 Å². The van der Waals surface area contributed by atoms with Gasteiger partial charge in [0.05, 0.1) is 11.3 Å². The molecule has 2 N–H and O–H groups in total. The summed E-state index contributed by atoms with van der Waals surface area (Å²) >= 11 is 0. The predicted octanol–water partition coefficient (Wildman–Crippen LogP) is 4.34. The fourth-order valence-electron chi connectivity index (χ4n) is 4.02. The summed E-state index contributed by atoms with van der Waals surface area (Å²) in [6.07, 6.45) is -0.862.